The van der Waals surface area contributed by atoms with Crippen LogP contribution in [-0.4, -0.2) is 36.6 Å². The highest BCUT2D eigenvalue weighted by Crippen LogP contribution is 2.18. The summed E-state index contributed by atoms with van der Waals surface area (Å²) >= 11 is 0. The number of amides is 1. The topological polar surface area (TPSA) is 46.3 Å². The van der Waals surface area contributed by atoms with Gasteiger partial charge in [0.25, 0.3) is 0 Å². The number of nitrogens with zero attached hydrogens (tertiary/aromatic N) is 1. The van der Waals surface area contributed by atoms with E-state index < -0.39 is 42.2 Å². The SMILES string of the molecule is NCCN(CC(F)(F)F)C(=O)Cc1c(F)cccc1F. The normalized spacial score (nSPS) is 11.5. The van der Waals surface area contributed by atoms with Crippen LogP contribution >= 0.6 is 0 Å². The highest BCUT2D eigenvalue weighted by Gasteiger charge is 2.33. The van der Waals surface area contributed by atoms with E-state index >= 15 is 0 Å². The van der Waals surface area contributed by atoms with E-state index in [2.05, 4.69) is 0 Å². The third kappa shape index (κ3) is 4.76. The van der Waals surface area contributed by atoms with Gasteiger partial charge in [0.2, 0.25) is 5.91 Å². The van der Waals surface area contributed by atoms with Crippen LogP contribution in [0.4, 0.5) is 22.0 Å². The van der Waals surface area contributed by atoms with Crippen molar-refractivity contribution >= 4 is 5.91 Å². The van der Waals surface area contributed by atoms with E-state index in [0.717, 1.165) is 18.2 Å². The molecule has 0 bridgehead atoms. The lowest BCUT2D eigenvalue weighted by Gasteiger charge is -2.23. The van der Waals surface area contributed by atoms with Gasteiger partial charge in [0.1, 0.15) is 18.2 Å². The molecule has 0 saturated carbocycles. The predicted octanol–water partition coefficient (Wildman–Crippen LogP) is 1.86. The highest BCUT2D eigenvalue weighted by atomic mass is 19.4. The van der Waals surface area contributed by atoms with Gasteiger partial charge in [0.05, 0.1) is 6.42 Å². The zero-order chi connectivity index (χ0) is 15.3. The average molecular weight is 296 g/mol. The van der Waals surface area contributed by atoms with Gasteiger partial charge in [0.15, 0.2) is 0 Å². The first-order valence-electron chi connectivity index (χ1n) is 5.72. The Morgan fingerprint density at radius 1 is 1.20 bits per heavy atom. The van der Waals surface area contributed by atoms with Crippen molar-refractivity contribution in [2.24, 2.45) is 5.73 Å². The Kier molecular flexibility index (Phi) is 5.43. The minimum atomic E-state index is -4.60. The molecular weight excluding hydrogens is 283 g/mol. The van der Waals surface area contributed by atoms with Gasteiger partial charge >= 0.3 is 6.18 Å². The molecule has 2 N–H and O–H groups in total. The van der Waals surface area contributed by atoms with Gasteiger partial charge in [0, 0.05) is 18.7 Å². The monoisotopic (exact) mass is 296 g/mol. The van der Waals surface area contributed by atoms with Gasteiger partial charge in [-0.1, -0.05) is 6.07 Å². The van der Waals surface area contributed by atoms with Crippen LogP contribution in [0.15, 0.2) is 18.2 Å². The largest absolute Gasteiger partial charge is 0.406 e. The van der Waals surface area contributed by atoms with Crippen LogP contribution < -0.4 is 5.73 Å². The van der Waals surface area contributed by atoms with E-state index in [1.165, 1.54) is 0 Å². The van der Waals surface area contributed by atoms with Crippen LogP contribution in [0.3, 0.4) is 0 Å². The minimum Gasteiger partial charge on any atom is -0.332 e. The minimum absolute atomic E-state index is 0.179. The Morgan fingerprint density at radius 2 is 1.75 bits per heavy atom. The maximum absolute atomic E-state index is 13.3. The molecule has 0 radical (unpaired) electrons. The summed E-state index contributed by atoms with van der Waals surface area (Å²) in [5, 5.41) is 0. The van der Waals surface area contributed by atoms with Crippen molar-refractivity contribution in [1.29, 1.82) is 0 Å². The summed E-state index contributed by atoms with van der Waals surface area (Å²) in [7, 11) is 0. The number of hydrogen-bond acceptors (Lipinski definition) is 2. The molecule has 8 heteroatoms. The van der Waals surface area contributed by atoms with Gasteiger partial charge in [-0.3, -0.25) is 4.79 Å². The smallest absolute Gasteiger partial charge is 0.332 e. The lowest BCUT2D eigenvalue weighted by molar-refractivity contribution is -0.160. The average Bonchev–Trinajstić information content (AvgIpc) is 2.31. The third-order valence-electron chi connectivity index (χ3n) is 2.51. The molecule has 1 aromatic carbocycles. The molecule has 0 spiro atoms. The Morgan fingerprint density at radius 3 is 2.20 bits per heavy atom. The molecule has 0 aliphatic carbocycles. The van der Waals surface area contributed by atoms with Crippen molar-refractivity contribution < 1.29 is 26.7 Å². The second kappa shape index (κ2) is 6.65. The fourth-order valence-corrected chi connectivity index (χ4v) is 1.63. The van der Waals surface area contributed by atoms with Crippen LogP contribution in [0.5, 0.6) is 0 Å². The van der Waals surface area contributed by atoms with Crippen molar-refractivity contribution in [3.63, 3.8) is 0 Å². The van der Waals surface area contributed by atoms with Crippen LogP contribution in [0.2, 0.25) is 0 Å². The van der Waals surface area contributed by atoms with E-state index in [0.29, 0.717) is 4.90 Å². The third-order valence-corrected chi connectivity index (χ3v) is 2.51. The van der Waals surface area contributed by atoms with Gasteiger partial charge < -0.3 is 10.6 Å². The summed E-state index contributed by atoms with van der Waals surface area (Å²) in [6.45, 7) is -2.02. The summed E-state index contributed by atoms with van der Waals surface area (Å²) < 4.78 is 63.6. The lowest BCUT2D eigenvalue weighted by Crippen LogP contribution is -2.42. The van der Waals surface area contributed by atoms with Crippen molar-refractivity contribution in [2.75, 3.05) is 19.6 Å². The van der Waals surface area contributed by atoms with Crippen LogP contribution in [-0.2, 0) is 11.2 Å². The van der Waals surface area contributed by atoms with Crippen molar-refractivity contribution in [3.05, 3.63) is 35.4 Å². The molecule has 1 rings (SSSR count). The zero-order valence-corrected chi connectivity index (χ0v) is 10.4. The maximum atomic E-state index is 13.3. The van der Waals surface area contributed by atoms with Gasteiger partial charge in [-0.2, -0.15) is 13.2 Å². The Balaban J connectivity index is 2.86. The summed E-state index contributed by atoms with van der Waals surface area (Å²) in [4.78, 5) is 12.2. The molecule has 0 unspecified atom stereocenters. The summed E-state index contributed by atoms with van der Waals surface area (Å²) in [5.74, 6) is -2.98. The fraction of sp³-hybridized carbons (Fsp3) is 0.417. The van der Waals surface area contributed by atoms with E-state index in [-0.39, 0.29) is 13.1 Å². The van der Waals surface area contributed by atoms with E-state index in [1.54, 1.807) is 0 Å². The van der Waals surface area contributed by atoms with Gasteiger partial charge in [-0.25, -0.2) is 8.78 Å². The molecule has 0 heterocycles. The number of carbonyl (C=O) groups excluding carboxylic acids is 1. The standard InChI is InChI=1S/C12H13F5N2O/c13-9-2-1-3-10(14)8(9)6-11(20)19(5-4-18)7-12(15,16)17/h1-3H,4-7,18H2. The number of carbonyl (C=O) groups is 1. The molecule has 0 aliphatic rings. The molecule has 0 atom stereocenters. The second-order valence-electron chi connectivity index (χ2n) is 4.10. The summed E-state index contributed by atoms with van der Waals surface area (Å²) in [6, 6.07) is 2.97. The molecule has 3 nitrogen and oxygen atoms in total. The number of nitrogens with two attached hydrogens (primary N) is 1. The van der Waals surface area contributed by atoms with Crippen LogP contribution in [0.25, 0.3) is 0 Å². The molecule has 1 amide bonds. The molecule has 0 saturated heterocycles. The van der Waals surface area contributed by atoms with E-state index in [9.17, 15) is 26.7 Å². The number of alkyl halides is 3. The van der Waals surface area contributed by atoms with Crippen molar-refractivity contribution in [3.8, 4) is 0 Å². The first kappa shape index (κ1) is 16.4. The van der Waals surface area contributed by atoms with Crippen LogP contribution in [0, 0.1) is 11.6 Å². The molecule has 20 heavy (non-hydrogen) atoms. The first-order valence-corrected chi connectivity index (χ1v) is 5.72. The maximum Gasteiger partial charge on any atom is 0.406 e. The molecule has 0 aromatic heterocycles. The number of rotatable bonds is 5. The Labute approximate surface area is 112 Å². The van der Waals surface area contributed by atoms with Crippen molar-refractivity contribution in [2.45, 2.75) is 12.6 Å². The van der Waals surface area contributed by atoms with Gasteiger partial charge in [-0.05, 0) is 12.1 Å². The second-order valence-corrected chi connectivity index (χ2v) is 4.10. The highest BCUT2D eigenvalue weighted by molar-refractivity contribution is 5.79. The van der Waals surface area contributed by atoms with E-state index in [4.69, 9.17) is 5.73 Å². The molecule has 0 aliphatic heterocycles. The summed E-state index contributed by atoms with van der Waals surface area (Å²) in [6.07, 6.45) is -5.38. The number of benzene rings is 1. The first-order chi connectivity index (χ1) is 9.24. The quantitative estimate of drug-likeness (QED) is 0.843. The molecule has 112 valence electrons. The van der Waals surface area contributed by atoms with Gasteiger partial charge in [-0.15, -0.1) is 0 Å². The Bertz CT molecular complexity index is 455. The van der Waals surface area contributed by atoms with Crippen molar-refractivity contribution in [1.82, 2.24) is 4.90 Å². The molecule has 0 fully saturated rings. The number of hydrogen-bond donors (Lipinski definition) is 1. The zero-order valence-electron chi connectivity index (χ0n) is 10.4. The predicted molar refractivity (Wildman–Crippen MR) is 61.8 cm³/mol. The van der Waals surface area contributed by atoms with E-state index in [1.807, 2.05) is 0 Å². The Hall–Kier alpha value is -1.70. The lowest BCUT2D eigenvalue weighted by atomic mass is 10.1. The fourth-order valence-electron chi connectivity index (χ4n) is 1.63. The molecular formula is C12H13F5N2O. The molecule has 1 aromatic rings. The van der Waals surface area contributed by atoms with Crippen LogP contribution in [0.1, 0.15) is 5.56 Å². The number of halogens is 5. The summed E-state index contributed by atoms with van der Waals surface area (Å²) in [5.41, 5.74) is 4.58.